The van der Waals surface area contributed by atoms with Crippen LogP contribution in [-0.2, 0) is 6.61 Å². The average molecular weight is 252 g/mol. The predicted octanol–water partition coefficient (Wildman–Crippen LogP) is 3.16. The largest absolute Gasteiger partial charge is 0.489 e. The first-order valence-electron chi connectivity index (χ1n) is 6.17. The van der Waals surface area contributed by atoms with Gasteiger partial charge in [0.05, 0.1) is 11.6 Å². The molecule has 0 aliphatic rings. The van der Waals surface area contributed by atoms with Crippen molar-refractivity contribution in [2.45, 2.75) is 19.6 Å². The minimum Gasteiger partial charge on any atom is -0.489 e. The summed E-state index contributed by atoms with van der Waals surface area (Å²) in [6.07, 6.45) is 0. The smallest absolute Gasteiger partial charge is 0.124 e. The molecule has 19 heavy (non-hydrogen) atoms. The SMILES string of the molecule is CC(N)c1cc(C#N)ccc1OCc1ccccc1. The minimum absolute atomic E-state index is 0.168. The number of hydrogen-bond donors (Lipinski definition) is 1. The van der Waals surface area contributed by atoms with E-state index in [0.29, 0.717) is 12.2 Å². The molecule has 0 radical (unpaired) electrons. The van der Waals surface area contributed by atoms with Crippen molar-refractivity contribution in [1.29, 1.82) is 5.26 Å². The van der Waals surface area contributed by atoms with E-state index < -0.39 is 0 Å². The topological polar surface area (TPSA) is 59.0 Å². The van der Waals surface area contributed by atoms with E-state index in [0.717, 1.165) is 16.9 Å². The van der Waals surface area contributed by atoms with Crippen molar-refractivity contribution in [1.82, 2.24) is 0 Å². The van der Waals surface area contributed by atoms with Gasteiger partial charge < -0.3 is 10.5 Å². The molecule has 0 bridgehead atoms. The van der Waals surface area contributed by atoms with Crippen LogP contribution in [0.15, 0.2) is 48.5 Å². The van der Waals surface area contributed by atoms with E-state index in [1.165, 1.54) is 0 Å². The van der Waals surface area contributed by atoms with Gasteiger partial charge in [-0.2, -0.15) is 5.26 Å². The highest BCUT2D eigenvalue weighted by atomic mass is 16.5. The van der Waals surface area contributed by atoms with Crippen LogP contribution in [0, 0.1) is 11.3 Å². The summed E-state index contributed by atoms with van der Waals surface area (Å²) in [5.74, 6) is 0.734. The molecule has 0 aliphatic heterocycles. The Hall–Kier alpha value is -2.31. The van der Waals surface area contributed by atoms with Gasteiger partial charge in [0.1, 0.15) is 12.4 Å². The summed E-state index contributed by atoms with van der Waals surface area (Å²) in [5.41, 5.74) is 8.47. The number of ether oxygens (including phenoxy) is 1. The van der Waals surface area contributed by atoms with Crippen LogP contribution < -0.4 is 10.5 Å². The zero-order chi connectivity index (χ0) is 13.7. The zero-order valence-electron chi connectivity index (χ0n) is 10.8. The van der Waals surface area contributed by atoms with Crippen molar-refractivity contribution < 1.29 is 4.74 Å². The molecule has 1 unspecified atom stereocenters. The Kier molecular flexibility index (Phi) is 4.17. The van der Waals surface area contributed by atoms with Gasteiger partial charge in [-0.25, -0.2) is 0 Å². The van der Waals surface area contributed by atoms with Crippen molar-refractivity contribution >= 4 is 0 Å². The van der Waals surface area contributed by atoms with Crippen LogP contribution in [0.25, 0.3) is 0 Å². The minimum atomic E-state index is -0.168. The molecular weight excluding hydrogens is 236 g/mol. The van der Waals surface area contributed by atoms with Crippen LogP contribution in [0.5, 0.6) is 5.75 Å². The molecule has 96 valence electrons. The van der Waals surface area contributed by atoms with Crippen molar-refractivity contribution in [3.63, 3.8) is 0 Å². The van der Waals surface area contributed by atoms with Crippen LogP contribution in [-0.4, -0.2) is 0 Å². The normalized spacial score (nSPS) is 11.6. The van der Waals surface area contributed by atoms with Gasteiger partial charge in [0.15, 0.2) is 0 Å². The van der Waals surface area contributed by atoms with Crippen molar-refractivity contribution in [2.75, 3.05) is 0 Å². The highest BCUT2D eigenvalue weighted by molar-refractivity contribution is 5.43. The Morgan fingerprint density at radius 2 is 1.95 bits per heavy atom. The predicted molar refractivity (Wildman–Crippen MR) is 74.5 cm³/mol. The Balaban J connectivity index is 2.18. The van der Waals surface area contributed by atoms with Gasteiger partial charge in [0.2, 0.25) is 0 Å². The van der Waals surface area contributed by atoms with E-state index in [-0.39, 0.29) is 6.04 Å². The van der Waals surface area contributed by atoms with Crippen LogP contribution in [0.3, 0.4) is 0 Å². The van der Waals surface area contributed by atoms with Gasteiger partial charge >= 0.3 is 0 Å². The first-order chi connectivity index (χ1) is 9.20. The standard InChI is InChI=1S/C16H16N2O/c1-12(18)15-9-14(10-17)7-8-16(15)19-11-13-5-3-2-4-6-13/h2-9,12H,11,18H2,1H3. The van der Waals surface area contributed by atoms with Crippen LogP contribution >= 0.6 is 0 Å². The molecule has 0 spiro atoms. The lowest BCUT2D eigenvalue weighted by molar-refractivity contribution is 0.301. The molecule has 0 amide bonds. The third-order valence-corrected chi connectivity index (χ3v) is 2.87. The molecule has 3 heteroatoms. The third kappa shape index (κ3) is 3.34. The van der Waals surface area contributed by atoms with E-state index >= 15 is 0 Å². The fraction of sp³-hybridized carbons (Fsp3) is 0.188. The van der Waals surface area contributed by atoms with Gasteiger partial charge in [-0.1, -0.05) is 30.3 Å². The molecule has 3 nitrogen and oxygen atoms in total. The van der Waals surface area contributed by atoms with Crippen LogP contribution in [0.4, 0.5) is 0 Å². The molecule has 0 saturated heterocycles. The maximum Gasteiger partial charge on any atom is 0.124 e. The van der Waals surface area contributed by atoms with E-state index in [2.05, 4.69) is 6.07 Å². The molecule has 2 N–H and O–H groups in total. The van der Waals surface area contributed by atoms with E-state index in [4.69, 9.17) is 15.7 Å². The van der Waals surface area contributed by atoms with Crippen molar-refractivity contribution in [3.05, 3.63) is 65.2 Å². The van der Waals surface area contributed by atoms with Crippen LogP contribution in [0.2, 0.25) is 0 Å². The Labute approximate surface area is 113 Å². The highest BCUT2D eigenvalue weighted by Gasteiger charge is 2.09. The second kappa shape index (κ2) is 6.03. The summed E-state index contributed by atoms with van der Waals surface area (Å²) in [6, 6.07) is 17.2. The molecule has 0 heterocycles. The quantitative estimate of drug-likeness (QED) is 0.909. The van der Waals surface area contributed by atoms with Gasteiger partial charge in [0, 0.05) is 11.6 Å². The molecule has 2 aromatic rings. The van der Waals surface area contributed by atoms with Gasteiger partial charge in [-0.05, 0) is 30.7 Å². The maximum atomic E-state index is 8.91. The zero-order valence-corrected chi connectivity index (χ0v) is 10.8. The molecule has 0 aromatic heterocycles. The first kappa shape index (κ1) is 13.1. The van der Waals surface area contributed by atoms with Gasteiger partial charge in [-0.15, -0.1) is 0 Å². The van der Waals surface area contributed by atoms with Crippen LogP contribution in [0.1, 0.15) is 29.7 Å². The lowest BCUT2D eigenvalue weighted by atomic mass is 10.0. The summed E-state index contributed by atoms with van der Waals surface area (Å²) in [4.78, 5) is 0. The second-order valence-electron chi connectivity index (χ2n) is 4.43. The number of hydrogen-bond acceptors (Lipinski definition) is 3. The first-order valence-corrected chi connectivity index (χ1v) is 6.17. The number of nitriles is 1. The third-order valence-electron chi connectivity index (χ3n) is 2.87. The highest BCUT2D eigenvalue weighted by Crippen LogP contribution is 2.25. The number of benzene rings is 2. The Bertz CT molecular complexity index is 585. The van der Waals surface area contributed by atoms with E-state index in [1.807, 2.05) is 37.3 Å². The summed E-state index contributed by atoms with van der Waals surface area (Å²) in [7, 11) is 0. The summed E-state index contributed by atoms with van der Waals surface area (Å²) in [6.45, 7) is 2.37. The fourth-order valence-electron chi connectivity index (χ4n) is 1.84. The summed E-state index contributed by atoms with van der Waals surface area (Å²) >= 11 is 0. The number of nitrogens with zero attached hydrogens (tertiary/aromatic N) is 1. The number of rotatable bonds is 4. The summed E-state index contributed by atoms with van der Waals surface area (Å²) < 4.78 is 5.79. The molecule has 0 aliphatic carbocycles. The average Bonchev–Trinajstić information content (AvgIpc) is 2.46. The molecular formula is C16H16N2O. The molecule has 2 aromatic carbocycles. The molecule has 0 saturated carbocycles. The van der Waals surface area contributed by atoms with Crippen molar-refractivity contribution in [3.8, 4) is 11.8 Å². The number of nitrogens with two attached hydrogens (primary N) is 1. The van der Waals surface area contributed by atoms with E-state index in [1.54, 1.807) is 18.2 Å². The lowest BCUT2D eigenvalue weighted by Gasteiger charge is -2.14. The van der Waals surface area contributed by atoms with E-state index in [9.17, 15) is 0 Å². The Morgan fingerprint density at radius 3 is 2.58 bits per heavy atom. The lowest BCUT2D eigenvalue weighted by Crippen LogP contribution is -2.08. The maximum absolute atomic E-state index is 8.91. The fourth-order valence-corrected chi connectivity index (χ4v) is 1.84. The second-order valence-corrected chi connectivity index (χ2v) is 4.43. The molecule has 0 fully saturated rings. The molecule has 1 atom stereocenters. The van der Waals surface area contributed by atoms with Crippen molar-refractivity contribution in [2.24, 2.45) is 5.73 Å². The summed E-state index contributed by atoms with van der Waals surface area (Å²) in [5, 5.41) is 8.91. The Morgan fingerprint density at radius 1 is 1.21 bits per heavy atom. The van der Waals surface area contributed by atoms with Gasteiger partial charge in [-0.3, -0.25) is 0 Å². The molecule has 2 rings (SSSR count). The monoisotopic (exact) mass is 252 g/mol. The van der Waals surface area contributed by atoms with Gasteiger partial charge in [0.25, 0.3) is 0 Å².